The molecule has 18 heavy (non-hydrogen) atoms. The summed E-state index contributed by atoms with van der Waals surface area (Å²) in [5.74, 6) is -2.09. The zero-order chi connectivity index (χ0) is 13.7. The average Bonchev–Trinajstić information content (AvgIpc) is 2.31. The zero-order valence-electron chi connectivity index (χ0n) is 9.74. The Balaban J connectivity index is 2.80. The molecule has 0 saturated carbocycles. The molecule has 0 bridgehead atoms. The molecule has 0 heterocycles. The molecule has 1 rings (SSSR count). The number of carboxylic acids is 1. The van der Waals surface area contributed by atoms with E-state index >= 15 is 0 Å². The molecule has 0 aliphatic carbocycles. The number of halogens is 2. The van der Waals surface area contributed by atoms with Crippen LogP contribution in [0.15, 0.2) is 22.7 Å². The Morgan fingerprint density at radius 1 is 1.50 bits per heavy atom. The smallest absolute Gasteiger partial charge is 0.326 e. The number of rotatable bonds is 5. The number of hydrogen-bond donors (Lipinski definition) is 2. The Bertz CT molecular complexity index is 465. The molecule has 0 aliphatic heterocycles. The third-order valence-corrected chi connectivity index (χ3v) is 2.97. The van der Waals surface area contributed by atoms with Gasteiger partial charge in [0.25, 0.3) is 5.91 Å². The van der Waals surface area contributed by atoms with Crippen LogP contribution in [-0.2, 0) is 4.79 Å². The van der Waals surface area contributed by atoms with Crippen molar-refractivity contribution in [2.75, 3.05) is 0 Å². The van der Waals surface area contributed by atoms with Gasteiger partial charge in [0, 0.05) is 5.56 Å². The van der Waals surface area contributed by atoms with Crippen LogP contribution in [0.5, 0.6) is 0 Å². The third kappa shape index (κ3) is 3.80. The minimum absolute atomic E-state index is 0.164. The number of carboxylic acid groups (broad SMARTS) is 1. The van der Waals surface area contributed by atoms with Gasteiger partial charge in [-0.05, 0) is 40.5 Å². The predicted octanol–water partition coefficient (Wildman–Crippen LogP) is 2.57. The van der Waals surface area contributed by atoms with Gasteiger partial charge in [0.2, 0.25) is 0 Å². The monoisotopic (exact) mass is 317 g/mol. The first-order chi connectivity index (χ1) is 8.45. The highest BCUT2D eigenvalue weighted by atomic mass is 79.9. The number of aliphatic carboxylic acids is 1. The largest absolute Gasteiger partial charge is 0.480 e. The van der Waals surface area contributed by atoms with Gasteiger partial charge in [0.05, 0.1) is 4.47 Å². The number of hydrogen-bond acceptors (Lipinski definition) is 2. The molecule has 0 aromatic heterocycles. The standard InChI is InChI=1S/C12H13BrFNO3/c1-2-3-10(12(17)18)15-11(16)7-4-5-9(14)8(13)6-7/h4-6,10H,2-3H2,1H3,(H,15,16)(H,17,18)/t10-/m0/s1. The lowest BCUT2D eigenvalue weighted by molar-refractivity contribution is -0.139. The molecule has 0 fully saturated rings. The van der Waals surface area contributed by atoms with Crippen molar-refractivity contribution in [1.82, 2.24) is 5.32 Å². The second-order valence-electron chi connectivity index (χ2n) is 3.78. The molecule has 1 aromatic carbocycles. The lowest BCUT2D eigenvalue weighted by atomic mass is 10.1. The summed E-state index contributed by atoms with van der Waals surface area (Å²) in [5.41, 5.74) is 0.214. The van der Waals surface area contributed by atoms with Crippen molar-refractivity contribution in [2.45, 2.75) is 25.8 Å². The summed E-state index contributed by atoms with van der Waals surface area (Å²) in [6.07, 6.45) is 0.994. The van der Waals surface area contributed by atoms with Gasteiger partial charge in [-0.15, -0.1) is 0 Å². The van der Waals surface area contributed by atoms with Crippen molar-refractivity contribution >= 4 is 27.8 Å². The Morgan fingerprint density at radius 2 is 2.17 bits per heavy atom. The van der Waals surface area contributed by atoms with E-state index in [2.05, 4.69) is 21.2 Å². The van der Waals surface area contributed by atoms with Gasteiger partial charge in [-0.2, -0.15) is 0 Å². The highest BCUT2D eigenvalue weighted by Gasteiger charge is 2.19. The summed E-state index contributed by atoms with van der Waals surface area (Å²) in [4.78, 5) is 22.7. The van der Waals surface area contributed by atoms with Crippen LogP contribution < -0.4 is 5.32 Å². The lowest BCUT2D eigenvalue weighted by Gasteiger charge is -2.13. The van der Waals surface area contributed by atoms with Gasteiger partial charge in [-0.3, -0.25) is 4.79 Å². The number of carbonyl (C=O) groups excluding carboxylic acids is 1. The Hall–Kier alpha value is -1.43. The van der Waals surface area contributed by atoms with Crippen LogP contribution in [0.3, 0.4) is 0 Å². The molecule has 4 nitrogen and oxygen atoms in total. The first-order valence-corrected chi connectivity index (χ1v) is 6.23. The van der Waals surface area contributed by atoms with Gasteiger partial charge in [0.1, 0.15) is 11.9 Å². The SMILES string of the molecule is CCC[C@H](NC(=O)c1ccc(F)c(Br)c1)C(=O)O. The maximum atomic E-state index is 13.0. The van der Waals surface area contributed by atoms with Crippen molar-refractivity contribution in [3.63, 3.8) is 0 Å². The molecular weight excluding hydrogens is 305 g/mol. The fraction of sp³-hybridized carbons (Fsp3) is 0.333. The zero-order valence-corrected chi connectivity index (χ0v) is 11.3. The minimum atomic E-state index is -1.08. The maximum Gasteiger partial charge on any atom is 0.326 e. The summed E-state index contributed by atoms with van der Waals surface area (Å²) in [6.45, 7) is 1.83. The Morgan fingerprint density at radius 3 is 2.67 bits per heavy atom. The van der Waals surface area contributed by atoms with E-state index < -0.39 is 23.7 Å². The summed E-state index contributed by atoms with van der Waals surface area (Å²) < 4.78 is 13.2. The van der Waals surface area contributed by atoms with Crippen molar-refractivity contribution in [3.05, 3.63) is 34.1 Å². The molecule has 0 spiro atoms. The molecule has 0 aliphatic rings. The number of carbonyl (C=O) groups is 2. The molecule has 6 heteroatoms. The highest BCUT2D eigenvalue weighted by Crippen LogP contribution is 2.17. The fourth-order valence-electron chi connectivity index (χ4n) is 1.43. The van der Waals surface area contributed by atoms with Crippen LogP contribution in [0.1, 0.15) is 30.1 Å². The summed E-state index contributed by atoms with van der Waals surface area (Å²) in [6, 6.07) is 2.84. The van der Waals surface area contributed by atoms with Gasteiger partial charge < -0.3 is 10.4 Å². The Kier molecular flexibility index (Phi) is 5.27. The van der Waals surface area contributed by atoms with Crippen LogP contribution in [0.4, 0.5) is 4.39 Å². The van der Waals surface area contributed by atoms with Crippen LogP contribution >= 0.6 is 15.9 Å². The van der Waals surface area contributed by atoms with E-state index in [1.165, 1.54) is 12.1 Å². The van der Waals surface area contributed by atoms with E-state index in [1.807, 2.05) is 6.92 Å². The van der Waals surface area contributed by atoms with E-state index in [0.717, 1.165) is 6.07 Å². The normalized spacial score (nSPS) is 11.9. The van der Waals surface area contributed by atoms with Crippen LogP contribution in [0, 0.1) is 5.82 Å². The highest BCUT2D eigenvalue weighted by molar-refractivity contribution is 9.10. The Labute approximate surface area is 112 Å². The van der Waals surface area contributed by atoms with E-state index in [1.54, 1.807) is 0 Å². The first kappa shape index (κ1) is 14.6. The molecule has 1 aromatic rings. The van der Waals surface area contributed by atoms with E-state index in [4.69, 9.17) is 5.11 Å². The lowest BCUT2D eigenvalue weighted by Crippen LogP contribution is -2.40. The van der Waals surface area contributed by atoms with Crippen molar-refractivity contribution in [3.8, 4) is 0 Å². The molecule has 2 N–H and O–H groups in total. The van der Waals surface area contributed by atoms with E-state index in [9.17, 15) is 14.0 Å². The van der Waals surface area contributed by atoms with Crippen molar-refractivity contribution < 1.29 is 19.1 Å². The topological polar surface area (TPSA) is 66.4 Å². The van der Waals surface area contributed by atoms with Crippen LogP contribution in [0.2, 0.25) is 0 Å². The van der Waals surface area contributed by atoms with Gasteiger partial charge >= 0.3 is 5.97 Å². The third-order valence-electron chi connectivity index (χ3n) is 2.36. The minimum Gasteiger partial charge on any atom is -0.480 e. The second kappa shape index (κ2) is 6.49. The first-order valence-electron chi connectivity index (χ1n) is 5.44. The van der Waals surface area contributed by atoms with E-state index in [0.29, 0.717) is 12.8 Å². The number of benzene rings is 1. The molecule has 1 amide bonds. The maximum absolute atomic E-state index is 13.0. The summed E-state index contributed by atoms with van der Waals surface area (Å²) in [7, 11) is 0. The molecule has 0 saturated heterocycles. The second-order valence-corrected chi connectivity index (χ2v) is 4.64. The average molecular weight is 318 g/mol. The van der Waals surface area contributed by atoms with Crippen molar-refractivity contribution in [2.24, 2.45) is 0 Å². The van der Waals surface area contributed by atoms with Gasteiger partial charge in [0.15, 0.2) is 0 Å². The van der Waals surface area contributed by atoms with Crippen LogP contribution in [-0.4, -0.2) is 23.0 Å². The van der Waals surface area contributed by atoms with Crippen molar-refractivity contribution in [1.29, 1.82) is 0 Å². The molecule has 0 radical (unpaired) electrons. The molecule has 98 valence electrons. The van der Waals surface area contributed by atoms with Crippen LogP contribution in [0.25, 0.3) is 0 Å². The van der Waals surface area contributed by atoms with Gasteiger partial charge in [-0.1, -0.05) is 13.3 Å². The summed E-state index contributed by atoms with van der Waals surface area (Å²) in [5, 5.41) is 11.3. The fourth-order valence-corrected chi connectivity index (χ4v) is 1.80. The molecule has 1 atom stereocenters. The number of nitrogens with one attached hydrogen (secondary N) is 1. The molecular formula is C12H13BrFNO3. The molecule has 0 unspecified atom stereocenters. The summed E-state index contributed by atoms with van der Waals surface area (Å²) >= 11 is 2.97. The van der Waals surface area contributed by atoms with E-state index in [-0.39, 0.29) is 10.0 Å². The van der Waals surface area contributed by atoms with Gasteiger partial charge in [-0.25, -0.2) is 9.18 Å². The predicted molar refractivity (Wildman–Crippen MR) is 67.9 cm³/mol. The number of amides is 1. The quantitative estimate of drug-likeness (QED) is 0.877.